The van der Waals surface area contributed by atoms with Gasteiger partial charge >= 0.3 is 12.1 Å². The Kier molecular flexibility index (Phi) is 7.96. The number of hydrogen-bond donors (Lipinski definition) is 2. The highest BCUT2D eigenvalue weighted by Gasteiger charge is 2.20. The number of carbonyl (C=O) groups excluding carboxylic acids is 4. The Morgan fingerprint density at radius 2 is 1.63 bits per heavy atom. The lowest BCUT2D eigenvalue weighted by atomic mass is 9.86. The largest absolute Gasteiger partial charge is 0.454 e. The summed E-state index contributed by atoms with van der Waals surface area (Å²) in [5.41, 5.74) is 1.46. The van der Waals surface area contributed by atoms with Crippen LogP contribution in [-0.4, -0.2) is 43.1 Å². The first-order valence-electron chi connectivity index (χ1n) is 8.59. The monoisotopic (exact) mass is 378 g/mol. The molecule has 3 amide bonds. The Labute approximate surface area is 158 Å². The van der Waals surface area contributed by atoms with E-state index >= 15 is 0 Å². The highest BCUT2D eigenvalue weighted by atomic mass is 16.6. The average Bonchev–Trinajstić information content (AvgIpc) is 2.59. The molecule has 1 rings (SSSR count). The minimum atomic E-state index is -0.963. The lowest BCUT2D eigenvalue weighted by Crippen LogP contribution is -2.41. The van der Waals surface area contributed by atoms with Gasteiger partial charge in [0.15, 0.2) is 6.61 Å². The summed E-state index contributed by atoms with van der Waals surface area (Å²) < 4.78 is 9.30. The van der Waals surface area contributed by atoms with Gasteiger partial charge in [-0.15, -0.1) is 0 Å². The Morgan fingerprint density at radius 1 is 1.04 bits per heavy atom. The van der Waals surface area contributed by atoms with E-state index < -0.39 is 36.5 Å². The fraction of sp³-hybridized carbons (Fsp3) is 0.474. The molecule has 0 saturated heterocycles. The van der Waals surface area contributed by atoms with Crippen molar-refractivity contribution in [3.8, 4) is 0 Å². The maximum atomic E-state index is 12.2. The molecule has 1 aromatic carbocycles. The number of ether oxygens (including phenoxy) is 2. The average molecular weight is 378 g/mol. The molecular weight excluding hydrogens is 352 g/mol. The first kappa shape index (κ1) is 22.1. The molecule has 8 heteroatoms. The van der Waals surface area contributed by atoms with Crippen LogP contribution in [0.15, 0.2) is 24.3 Å². The van der Waals surface area contributed by atoms with Gasteiger partial charge in [-0.1, -0.05) is 32.9 Å². The molecule has 0 aliphatic rings. The minimum Gasteiger partial charge on any atom is -0.454 e. The van der Waals surface area contributed by atoms with Crippen LogP contribution in [0.2, 0.25) is 0 Å². The smallest absolute Gasteiger partial charge is 0.413 e. The zero-order chi connectivity index (χ0) is 20.6. The van der Waals surface area contributed by atoms with E-state index in [9.17, 15) is 19.2 Å². The van der Waals surface area contributed by atoms with Crippen LogP contribution in [0.4, 0.5) is 4.79 Å². The topological polar surface area (TPSA) is 111 Å². The van der Waals surface area contributed by atoms with E-state index in [-0.39, 0.29) is 12.0 Å². The van der Waals surface area contributed by atoms with Gasteiger partial charge in [0, 0.05) is 5.56 Å². The molecule has 148 valence electrons. The molecular formula is C19H26N2O6. The van der Waals surface area contributed by atoms with E-state index in [0.29, 0.717) is 5.56 Å². The molecule has 0 aliphatic carbocycles. The molecule has 0 radical (unpaired) electrons. The van der Waals surface area contributed by atoms with E-state index in [0.717, 1.165) is 5.56 Å². The first-order valence-corrected chi connectivity index (χ1v) is 8.59. The second kappa shape index (κ2) is 9.70. The minimum absolute atomic E-state index is 0.0315. The van der Waals surface area contributed by atoms with Gasteiger partial charge in [-0.3, -0.25) is 14.9 Å². The summed E-state index contributed by atoms with van der Waals surface area (Å²) in [5, 5.41) is 4.40. The van der Waals surface area contributed by atoms with E-state index in [1.807, 2.05) is 17.4 Å². The van der Waals surface area contributed by atoms with Gasteiger partial charge in [-0.25, -0.2) is 9.59 Å². The van der Waals surface area contributed by atoms with Crippen LogP contribution in [0.3, 0.4) is 0 Å². The van der Waals surface area contributed by atoms with Crippen molar-refractivity contribution in [3.05, 3.63) is 35.4 Å². The predicted octanol–water partition coefficient (Wildman–Crippen LogP) is 1.92. The summed E-state index contributed by atoms with van der Waals surface area (Å²) in [6, 6.07) is 6.12. The summed E-state index contributed by atoms with van der Waals surface area (Å²) in [4.78, 5) is 46.6. The molecule has 0 unspecified atom stereocenters. The van der Waals surface area contributed by atoms with Gasteiger partial charge < -0.3 is 14.8 Å². The van der Waals surface area contributed by atoms with Crippen LogP contribution in [0.25, 0.3) is 0 Å². The molecule has 0 bridgehead atoms. The molecule has 0 spiro atoms. The van der Waals surface area contributed by atoms with Crippen molar-refractivity contribution in [2.45, 2.75) is 46.1 Å². The molecule has 0 aliphatic heterocycles. The fourth-order valence-corrected chi connectivity index (χ4v) is 2.04. The van der Waals surface area contributed by atoms with Crippen LogP contribution >= 0.6 is 0 Å². The standard InChI is InChI=1S/C19H26N2O6/c1-6-26-18(25)21-15(22)11-27-17(24)12(2)20-16(23)13-7-9-14(10-8-13)19(3,4)5/h7-10,12H,6,11H2,1-5H3,(H,20,23)(H,21,22,25)/t12-/m0/s1. The van der Waals surface area contributed by atoms with E-state index in [1.54, 1.807) is 19.1 Å². The SMILES string of the molecule is CCOC(=O)NC(=O)COC(=O)[C@H](C)NC(=O)c1ccc(C(C)(C)C)cc1. The zero-order valence-electron chi connectivity index (χ0n) is 16.3. The first-order chi connectivity index (χ1) is 12.5. The van der Waals surface area contributed by atoms with Gasteiger partial charge in [0.25, 0.3) is 11.8 Å². The van der Waals surface area contributed by atoms with Gasteiger partial charge in [0.05, 0.1) is 6.61 Å². The van der Waals surface area contributed by atoms with Crippen LogP contribution < -0.4 is 10.6 Å². The van der Waals surface area contributed by atoms with E-state index in [2.05, 4.69) is 30.8 Å². The number of imide groups is 1. The second-order valence-electron chi connectivity index (χ2n) is 6.90. The number of carbonyl (C=O) groups is 4. The number of hydrogen-bond acceptors (Lipinski definition) is 6. The molecule has 0 heterocycles. The van der Waals surface area contributed by atoms with Crippen molar-refractivity contribution in [2.75, 3.05) is 13.2 Å². The van der Waals surface area contributed by atoms with Gasteiger partial charge in [-0.2, -0.15) is 0 Å². The van der Waals surface area contributed by atoms with Gasteiger partial charge in [0.2, 0.25) is 0 Å². The van der Waals surface area contributed by atoms with Gasteiger partial charge in [-0.05, 0) is 37.0 Å². The highest BCUT2D eigenvalue weighted by Crippen LogP contribution is 2.22. The van der Waals surface area contributed by atoms with Crippen molar-refractivity contribution in [1.29, 1.82) is 0 Å². The maximum Gasteiger partial charge on any atom is 0.413 e. The summed E-state index contributed by atoms with van der Waals surface area (Å²) in [6.45, 7) is 8.68. The maximum absolute atomic E-state index is 12.2. The van der Waals surface area contributed by atoms with Crippen molar-refractivity contribution in [1.82, 2.24) is 10.6 Å². The molecule has 0 saturated carbocycles. The zero-order valence-corrected chi connectivity index (χ0v) is 16.3. The summed E-state index contributed by atoms with van der Waals surface area (Å²) >= 11 is 0. The van der Waals surface area contributed by atoms with Crippen LogP contribution in [-0.2, 0) is 24.5 Å². The fourth-order valence-electron chi connectivity index (χ4n) is 2.04. The lowest BCUT2D eigenvalue weighted by molar-refractivity contribution is -0.149. The molecule has 8 nitrogen and oxygen atoms in total. The van der Waals surface area contributed by atoms with Crippen molar-refractivity contribution in [3.63, 3.8) is 0 Å². The van der Waals surface area contributed by atoms with E-state index in [1.165, 1.54) is 6.92 Å². The van der Waals surface area contributed by atoms with Crippen molar-refractivity contribution >= 4 is 23.9 Å². The van der Waals surface area contributed by atoms with Crippen LogP contribution in [0.5, 0.6) is 0 Å². The second-order valence-corrected chi connectivity index (χ2v) is 6.90. The van der Waals surface area contributed by atoms with Crippen LogP contribution in [0.1, 0.15) is 50.5 Å². The summed E-state index contributed by atoms with van der Waals surface area (Å²) in [6.07, 6.45) is -0.918. The van der Waals surface area contributed by atoms with Crippen LogP contribution in [0, 0.1) is 0 Å². The molecule has 1 atom stereocenters. The third-order valence-corrected chi connectivity index (χ3v) is 3.58. The summed E-state index contributed by atoms with van der Waals surface area (Å²) in [5.74, 6) is -2.05. The Hall–Kier alpha value is -2.90. The number of alkyl carbamates (subject to hydrolysis) is 1. The molecule has 2 N–H and O–H groups in total. The Morgan fingerprint density at radius 3 is 2.15 bits per heavy atom. The lowest BCUT2D eigenvalue weighted by Gasteiger charge is -2.19. The van der Waals surface area contributed by atoms with Crippen molar-refractivity contribution in [2.24, 2.45) is 0 Å². The molecule has 1 aromatic rings. The van der Waals surface area contributed by atoms with Gasteiger partial charge in [0.1, 0.15) is 6.04 Å². The predicted molar refractivity (Wildman–Crippen MR) is 98.2 cm³/mol. The molecule has 0 fully saturated rings. The third kappa shape index (κ3) is 7.47. The molecule has 27 heavy (non-hydrogen) atoms. The number of benzene rings is 1. The normalized spacial score (nSPS) is 11.9. The number of nitrogens with one attached hydrogen (secondary N) is 2. The quantitative estimate of drug-likeness (QED) is 0.732. The number of amides is 3. The third-order valence-electron chi connectivity index (χ3n) is 3.58. The Bertz CT molecular complexity index is 691. The number of rotatable bonds is 6. The Balaban J connectivity index is 2.51. The van der Waals surface area contributed by atoms with E-state index in [4.69, 9.17) is 4.74 Å². The summed E-state index contributed by atoms with van der Waals surface area (Å²) in [7, 11) is 0. The highest BCUT2D eigenvalue weighted by molar-refractivity contribution is 5.97. The van der Waals surface area contributed by atoms with Crippen molar-refractivity contribution < 1.29 is 28.7 Å². The molecule has 0 aromatic heterocycles. The number of esters is 1.